The van der Waals surface area contributed by atoms with E-state index in [1.807, 2.05) is 0 Å². The lowest BCUT2D eigenvalue weighted by atomic mass is 10.1. The standard InChI is InChI=1S/C11H14O4/c1-3-14-11(13)15-8(2)9-4-6-10(12)7-5-9/h4-8,12H,3H2,1-2H3/t8-/m0/s1. The molecule has 0 spiro atoms. The van der Waals surface area contributed by atoms with E-state index < -0.39 is 6.16 Å². The third kappa shape index (κ3) is 3.50. The molecule has 0 saturated heterocycles. The smallest absolute Gasteiger partial charge is 0.508 e. The quantitative estimate of drug-likeness (QED) is 0.779. The van der Waals surface area contributed by atoms with Crippen molar-refractivity contribution in [3.05, 3.63) is 29.8 Å². The van der Waals surface area contributed by atoms with Gasteiger partial charge in [0.1, 0.15) is 11.9 Å². The molecule has 0 aromatic heterocycles. The fourth-order valence-electron chi connectivity index (χ4n) is 1.11. The summed E-state index contributed by atoms with van der Waals surface area (Å²) in [6.45, 7) is 3.75. The fraction of sp³-hybridized carbons (Fsp3) is 0.364. The van der Waals surface area contributed by atoms with Gasteiger partial charge in [-0.05, 0) is 31.5 Å². The number of aromatic hydroxyl groups is 1. The molecule has 0 radical (unpaired) electrons. The molecule has 4 heteroatoms. The van der Waals surface area contributed by atoms with Crippen molar-refractivity contribution in [1.82, 2.24) is 0 Å². The normalized spacial score (nSPS) is 11.9. The van der Waals surface area contributed by atoms with E-state index in [0.29, 0.717) is 6.61 Å². The monoisotopic (exact) mass is 210 g/mol. The molecule has 0 bridgehead atoms. The molecule has 0 amide bonds. The molecule has 0 unspecified atom stereocenters. The molecular weight excluding hydrogens is 196 g/mol. The van der Waals surface area contributed by atoms with E-state index in [1.54, 1.807) is 38.1 Å². The first-order chi connectivity index (χ1) is 7.13. The molecule has 0 heterocycles. The summed E-state index contributed by atoms with van der Waals surface area (Å²) in [5.41, 5.74) is 0.806. The summed E-state index contributed by atoms with van der Waals surface area (Å²) >= 11 is 0. The van der Waals surface area contributed by atoms with Gasteiger partial charge in [0.2, 0.25) is 0 Å². The van der Waals surface area contributed by atoms with Crippen molar-refractivity contribution in [3.63, 3.8) is 0 Å². The van der Waals surface area contributed by atoms with Crippen LogP contribution in [0.1, 0.15) is 25.5 Å². The van der Waals surface area contributed by atoms with Crippen molar-refractivity contribution in [1.29, 1.82) is 0 Å². The van der Waals surface area contributed by atoms with E-state index >= 15 is 0 Å². The van der Waals surface area contributed by atoms with Crippen LogP contribution in [0.5, 0.6) is 5.75 Å². The highest BCUT2D eigenvalue weighted by molar-refractivity contribution is 5.60. The number of benzene rings is 1. The topological polar surface area (TPSA) is 55.8 Å². The van der Waals surface area contributed by atoms with Crippen LogP contribution in [0.3, 0.4) is 0 Å². The second-order valence-electron chi connectivity index (χ2n) is 3.03. The Hall–Kier alpha value is -1.71. The van der Waals surface area contributed by atoms with Crippen molar-refractivity contribution < 1.29 is 19.4 Å². The fourth-order valence-corrected chi connectivity index (χ4v) is 1.11. The second kappa shape index (κ2) is 5.24. The van der Waals surface area contributed by atoms with E-state index in [0.717, 1.165) is 5.56 Å². The van der Waals surface area contributed by atoms with Crippen LogP contribution in [0, 0.1) is 0 Å². The first-order valence-corrected chi connectivity index (χ1v) is 4.75. The molecule has 0 saturated carbocycles. The maximum absolute atomic E-state index is 11.0. The van der Waals surface area contributed by atoms with E-state index in [1.165, 1.54) is 0 Å². The van der Waals surface area contributed by atoms with Crippen molar-refractivity contribution >= 4 is 6.16 Å². The first-order valence-electron chi connectivity index (χ1n) is 4.75. The number of hydrogen-bond donors (Lipinski definition) is 1. The largest absolute Gasteiger partial charge is 0.508 e. The Labute approximate surface area is 88.4 Å². The highest BCUT2D eigenvalue weighted by Crippen LogP contribution is 2.19. The van der Waals surface area contributed by atoms with Gasteiger partial charge in [-0.3, -0.25) is 0 Å². The Balaban J connectivity index is 2.57. The Kier molecular flexibility index (Phi) is 3.97. The van der Waals surface area contributed by atoms with Crippen molar-refractivity contribution in [3.8, 4) is 5.75 Å². The molecule has 1 aromatic carbocycles. The average molecular weight is 210 g/mol. The van der Waals surface area contributed by atoms with Gasteiger partial charge in [-0.15, -0.1) is 0 Å². The second-order valence-corrected chi connectivity index (χ2v) is 3.03. The molecule has 1 atom stereocenters. The lowest BCUT2D eigenvalue weighted by Crippen LogP contribution is -2.10. The number of carbonyl (C=O) groups is 1. The summed E-state index contributed by atoms with van der Waals surface area (Å²) < 4.78 is 9.62. The molecule has 0 aliphatic carbocycles. The van der Waals surface area contributed by atoms with Crippen LogP contribution >= 0.6 is 0 Å². The third-order valence-corrected chi connectivity index (χ3v) is 1.90. The maximum Gasteiger partial charge on any atom is 0.508 e. The zero-order valence-corrected chi connectivity index (χ0v) is 8.77. The van der Waals surface area contributed by atoms with Crippen molar-refractivity contribution in [2.24, 2.45) is 0 Å². The Bertz CT molecular complexity index is 318. The van der Waals surface area contributed by atoms with Crippen LogP contribution in [-0.2, 0) is 9.47 Å². The Morgan fingerprint density at radius 2 is 2.00 bits per heavy atom. The number of phenolic OH excluding ortho intramolecular Hbond substituents is 1. The maximum atomic E-state index is 11.0. The summed E-state index contributed by atoms with van der Waals surface area (Å²) in [5.74, 6) is 0.182. The molecule has 0 aliphatic heterocycles. The molecule has 0 aliphatic rings. The number of ether oxygens (including phenoxy) is 2. The van der Waals surface area contributed by atoms with Gasteiger partial charge in [0, 0.05) is 0 Å². The van der Waals surface area contributed by atoms with Gasteiger partial charge in [-0.1, -0.05) is 12.1 Å². The van der Waals surface area contributed by atoms with Crippen molar-refractivity contribution in [2.45, 2.75) is 20.0 Å². The van der Waals surface area contributed by atoms with Gasteiger partial charge in [0.05, 0.1) is 6.61 Å². The minimum Gasteiger partial charge on any atom is -0.508 e. The highest BCUT2D eigenvalue weighted by atomic mass is 16.7. The van der Waals surface area contributed by atoms with Crippen molar-refractivity contribution in [2.75, 3.05) is 6.61 Å². The van der Waals surface area contributed by atoms with E-state index in [4.69, 9.17) is 9.84 Å². The molecule has 1 aromatic rings. The number of hydrogen-bond acceptors (Lipinski definition) is 4. The Morgan fingerprint density at radius 3 is 2.53 bits per heavy atom. The minimum atomic E-state index is -0.682. The summed E-state index contributed by atoms with van der Waals surface area (Å²) in [6.07, 6.45) is -1.07. The van der Waals surface area contributed by atoms with Gasteiger partial charge >= 0.3 is 6.16 Å². The molecule has 15 heavy (non-hydrogen) atoms. The molecule has 0 fully saturated rings. The SMILES string of the molecule is CCOC(=O)O[C@@H](C)c1ccc(O)cc1. The van der Waals surface area contributed by atoms with Gasteiger partial charge in [-0.2, -0.15) is 0 Å². The third-order valence-electron chi connectivity index (χ3n) is 1.90. The average Bonchev–Trinajstić information content (AvgIpc) is 2.18. The van der Waals surface area contributed by atoms with Crippen LogP contribution in [0.25, 0.3) is 0 Å². The zero-order chi connectivity index (χ0) is 11.3. The number of carbonyl (C=O) groups excluding carboxylic acids is 1. The lowest BCUT2D eigenvalue weighted by Gasteiger charge is -2.12. The summed E-state index contributed by atoms with van der Waals surface area (Å²) in [4.78, 5) is 11.0. The molecular formula is C11H14O4. The van der Waals surface area contributed by atoms with E-state index in [9.17, 15) is 4.79 Å². The Morgan fingerprint density at radius 1 is 1.40 bits per heavy atom. The first kappa shape index (κ1) is 11.4. The predicted molar refractivity (Wildman–Crippen MR) is 54.6 cm³/mol. The van der Waals surface area contributed by atoms with Crippen LogP contribution in [0.2, 0.25) is 0 Å². The zero-order valence-electron chi connectivity index (χ0n) is 8.77. The summed E-state index contributed by atoms with van der Waals surface area (Å²) in [5, 5.41) is 9.07. The van der Waals surface area contributed by atoms with E-state index in [-0.39, 0.29) is 11.9 Å². The molecule has 1 rings (SSSR count). The molecule has 1 N–H and O–H groups in total. The highest BCUT2D eigenvalue weighted by Gasteiger charge is 2.11. The van der Waals surface area contributed by atoms with Gasteiger partial charge in [0.25, 0.3) is 0 Å². The van der Waals surface area contributed by atoms with Gasteiger partial charge in [-0.25, -0.2) is 4.79 Å². The summed E-state index contributed by atoms with van der Waals surface area (Å²) in [6, 6.07) is 6.47. The lowest BCUT2D eigenvalue weighted by molar-refractivity contribution is 0.0317. The van der Waals surface area contributed by atoms with Crippen LogP contribution in [0.15, 0.2) is 24.3 Å². The van der Waals surface area contributed by atoms with Gasteiger partial charge in [0.15, 0.2) is 0 Å². The van der Waals surface area contributed by atoms with Crippen LogP contribution in [-0.4, -0.2) is 17.9 Å². The molecule has 4 nitrogen and oxygen atoms in total. The summed E-state index contributed by atoms with van der Waals surface area (Å²) in [7, 11) is 0. The minimum absolute atomic E-state index is 0.182. The van der Waals surface area contributed by atoms with E-state index in [2.05, 4.69) is 4.74 Å². The van der Waals surface area contributed by atoms with Crippen LogP contribution < -0.4 is 0 Å². The van der Waals surface area contributed by atoms with Crippen LogP contribution in [0.4, 0.5) is 4.79 Å². The number of phenols is 1. The molecule has 82 valence electrons. The predicted octanol–water partition coefficient (Wildman–Crippen LogP) is 2.63. The number of rotatable bonds is 3. The van der Waals surface area contributed by atoms with Gasteiger partial charge < -0.3 is 14.6 Å².